The van der Waals surface area contributed by atoms with Gasteiger partial charge >= 0.3 is 0 Å². The van der Waals surface area contributed by atoms with Crippen molar-refractivity contribution in [3.8, 4) is 5.75 Å². The van der Waals surface area contributed by atoms with Crippen molar-refractivity contribution in [2.24, 2.45) is 0 Å². The molecule has 1 amide bonds. The molecule has 21 heavy (non-hydrogen) atoms. The molecule has 110 valence electrons. The summed E-state index contributed by atoms with van der Waals surface area (Å²) in [6, 6.07) is 5.01. The predicted molar refractivity (Wildman–Crippen MR) is 77.0 cm³/mol. The number of aliphatic hydroxyl groups is 1. The molecule has 0 radical (unpaired) electrons. The van der Waals surface area contributed by atoms with Gasteiger partial charge in [0.15, 0.2) is 11.4 Å². The molecule has 2 aliphatic rings. The van der Waals surface area contributed by atoms with E-state index in [1.807, 2.05) is 0 Å². The second-order valence-corrected chi connectivity index (χ2v) is 5.83. The summed E-state index contributed by atoms with van der Waals surface area (Å²) in [7, 11) is 0. The number of ether oxygens (including phenoxy) is 1. The molecule has 1 saturated heterocycles. The Morgan fingerprint density at radius 1 is 1.38 bits per heavy atom. The van der Waals surface area contributed by atoms with Crippen molar-refractivity contribution >= 4 is 17.9 Å². The lowest BCUT2D eigenvalue weighted by atomic mass is 9.95. The summed E-state index contributed by atoms with van der Waals surface area (Å²) in [5, 5.41) is 10.6. The van der Waals surface area contributed by atoms with Gasteiger partial charge < -0.3 is 14.7 Å². The van der Waals surface area contributed by atoms with E-state index in [4.69, 9.17) is 4.74 Å². The monoisotopic (exact) mass is 287 g/mol. The predicted octanol–water partition coefficient (Wildman–Crippen LogP) is 2.52. The maximum absolute atomic E-state index is 12.1. The highest BCUT2D eigenvalue weighted by molar-refractivity contribution is 5.92. The van der Waals surface area contributed by atoms with Crippen LogP contribution in [0.5, 0.6) is 5.75 Å². The van der Waals surface area contributed by atoms with Gasteiger partial charge in [0.1, 0.15) is 12.0 Å². The Labute approximate surface area is 122 Å². The van der Waals surface area contributed by atoms with E-state index in [2.05, 4.69) is 0 Å². The standard InChI is InChI=1S/C16H17NO4/c1-16(2)15(20)14(17-7-3-4-13(17)19)11-8-10(9-18)5-6-12(11)21-16/h5-6,8-9,20H,3-4,7H2,1-2H3. The van der Waals surface area contributed by atoms with E-state index in [1.54, 1.807) is 36.9 Å². The van der Waals surface area contributed by atoms with E-state index in [0.717, 1.165) is 12.7 Å². The van der Waals surface area contributed by atoms with Crippen LogP contribution in [0, 0.1) is 0 Å². The molecule has 2 aliphatic heterocycles. The molecule has 2 heterocycles. The number of hydrogen-bond donors (Lipinski definition) is 1. The molecular formula is C16H17NO4. The zero-order valence-electron chi connectivity index (χ0n) is 12.0. The van der Waals surface area contributed by atoms with Gasteiger partial charge in [0.05, 0.1) is 5.70 Å². The first kappa shape index (κ1) is 13.7. The van der Waals surface area contributed by atoms with Crippen LogP contribution in [0.4, 0.5) is 0 Å². The SMILES string of the molecule is CC1(C)Oc2ccc(C=O)cc2C(N2CCCC2=O)=C1O. The molecule has 1 N–H and O–H groups in total. The lowest BCUT2D eigenvalue weighted by Crippen LogP contribution is -2.39. The van der Waals surface area contributed by atoms with E-state index in [-0.39, 0.29) is 11.7 Å². The highest BCUT2D eigenvalue weighted by atomic mass is 16.5. The summed E-state index contributed by atoms with van der Waals surface area (Å²) in [5.41, 5.74) is 0.626. The lowest BCUT2D eigenvalue weighted by molar-refractivity contribution is -0.125. The summed E-state index contributed by atoms with van der Waals surface area (Å²) in [4.78, 5) is 24.6. The average Bonchev–Trinajstić information content (AvgIpc) is 2.86. The fraction of sp³-hybridized carbons (Fsp3) is 0.375. The van der Waals surface area contributed by atoms with E-state index >= 15 is 0 Å². The molecule has 0 saturated carbocycles. The molecule has 0 aliphatic carbocycles. The van der Waals surface area contributed by atoms with E-state index in [9.17, 15) is 14.7 Å². The highest BCUT2D eigenvalue weighted by Crippen LogP contribution is 2.42. The first-order valence-corrected chi connectivity index (χ1v) is 6.97. The van der Waals surface area contributed by atoms with Crippen molar-refractivity contribution in [3.05, 3.63) is 35.1 Å². The summed E-state index contributed by atoms with van der Waals surface area (Å²) in [5.74, 6) is 0.572. The van der Waals surface area contributed by atoms with Crippen molar-refractivity contribution in [2.45, 2.75) is 32.3 Å². The van der Waals surface area contributed by atoms with Gasteiger partial charge in [0.25, 0.3) is 0 Å². The van der Waals surface area contributed by atoms with Crippen LogP contribution in [0.3, 0.4) is 0 Å². The fourth-order valence-corrected chi connectivity index (χ4v) is 2.79. The van der Waals surface area contributed by atoms with Crippen LogP contribution < -0.4 is 4.74 Å². The van der Waals surface area contributed by atoms with Crippen LogP contribution in [0.25, 0.3) is 5.70 Å². The first-order chi connectivity index (χ1) is 9.94. The second kappa shape index (κ2) is 4.62. The smallest absolute Gasteiger partial charge is 0.227 e. The van der Waals surface area contributed by atoms with Crippen molar-refractivity contribution in [1.82, 2.24) is 4.90 Å². The maximum Gasteiger partial charge on any atom is 0.227 e. The third kappa shape index (κ3) is 2.09. The van der Waals surface area contributed by atoms with Gasteiger partial charge in [-0.25, -0.2) is 0 Å². The number of likely N-dealkylation sites (tertiary alicyclic amines) is 1. The highest BCUT2D eigenvalue weighted by Gasteiger charge is 2.40. The number of amides is 1. The zero-order chi connectivity index (χ0) is 15.2. The maximum atomic E-state index is 12.1. The summed E-state index contributed by atoms with van der Waals surface area (Å²) in [6.45, 7) is 4.07. The molecule has 5 nitrogen and oxygen atoms in total. The second-order valence-electron chi connectivity index (χ2n) is 5.83. The normalized spacial score (nSPS) is 20.3. The number of rotatable bonds is 2. The van der Waals surface area contributed by atoms with Gasteiger partial charge in [-0.15, -0.1) is 0 Å². The number of carbonyl (C=O) groups excluding carboxylic acids is 2. The Morgan fingerprint density at radius 2 is 2.14 bits per heavy atom. The third-order valence-corrected chi connectivity index (χ3v) is 3.90. The van der Waals surface area contributed by atoms with Gasteiger partial charge in [0.2, 0.25) is 5.91 Å². The molecular weight excluding hydrogens is 270 g/mol. The first-order valence-electron chi connectivity index (χ1n) is 6.97. The Bertz CT molecular complexity index is 660. The van der Waals surface area contributed by atoms with E-state index in [1.165, 1.54) is 0 Å². The molecule has 0 spiro atoms. The molecule has 1 aromatic carbocycles. The van der Waals surface area contributed by atoms with Crippen LogP contribution in [-0.2, 0) is 4.79 Å². The van der Waals surface area contributed by atoms with Crippen LogP contribution in [0.1, 0.15) is 42.6 Å². The Hall–Kier alpha value is -2.30. The zero-order valence-corrected chi connectivity index (χ0v) is 12.0. The van der Waals surface area contributed by atoms with Gasteiger partial charge in [-0.2, -0.15) is 0 Å². The molecule has 5 heteroatoms. The van der Waals surface area contributed by atoms with Crippen LogP contribution in [-0.4, -0.2) is 34.3 Å². The Balaban J connectivity index is 2.22. The number of aldehydes is 1. The largest absolute Gasteiger partial charge is 0.506 e. The Kier molecular flexibility index (Phi) is 3.01. The number of aliphatic hydroxyl groups excluding tert-OH is 1. The van der Waals surface area contributed by atoms with Crippen LogP contribution in [0.2, 0.25) is 0 Å². The molecule has 1 aromatic rings. The lowest BCUT2D eigenvalue weighted by Gasteiger charge is -2.36. The molecule has 1 fully saturated rings. The minimum absolute atomic E-state index is 0.0169. The van der Waals surface area contributed by atoms with Gasteiger partial charge in [-0.05, 0) is 38.5 Å². The van der Waals surface area contributed by atoms with Gasteiger partial charge in [-0.3, -0.25) is 9.59 Å². The van der Waals surface area contributed by atoms with Crippen LogP contribution >= 0.6 is 0 Å². The minimum atomic E-state index is -0.909. The topological polar surface area (TPSA) is 66.8 Å². The third-order valence-electron chi connectivity index (χ3n) is 3.90. The van der Waals surface area contributed by atoms with Gasteiger partial charge in [0, 0.05) is 24.1 Å². The summed E-state index contributed by atoms with van der Waals surface area (Å²) < 4.78 is 5.79. The Morgan fingerprint density at radius 3 is 2.76 bits per heavy atom. The van der Waals surface area contributed by atoms with Gasteiger partial charge in [-0.1, -0.05) is 0 Å². The van der Waals surface area contributed by atoms with Crippen molar-refractivity contribution < 1.29 is 19.4 Å². The van der Waals surface area contributed by atoms with E-state index < -0.39 is 5.60 Å². The molecule has 0 atom stereocenters. The number of benzene rings is 1. The number of nitrogens with zero attached hydrogens (tertiary/aromatic N) is 1. The van der Waals surface area contributed by atoms with Crippen molar-refractivity contribution in [1.29, 1.82) is 0 Å². The van der Waals surface area contributed by atoms with Crippen molar-refractivity contribution in [3.63, 3.8) is 0 Å². The van der Waals surface area contributed by atoms with E-state index in [0.29, 0.717) is 35.5 Å². The molecule has 0 bridgehead atoms. The molecule has 0 unspecified atom stereocenters. The number of carbonyl (C=O) groups is 2. The quantitative estimate of drug-likeness (QED) is 0.849. The molecule has 0 aromatic heterocycles. The van der Waals surface area contributed by atoms with Crippen molar-refractivity contribution in [2.75, 3.05) is 6.54 Å². The summed E-state index contributed by atoms with van der Waals surface area (Å²) >= 11 is 0. The average molecular weight is 287 g/mol. The fourth-order valence-electron chi connectivity index (χ4n) is 2.79. The number of fused-ring (bicyclic) bond motifs is 1. The van der Waals surface area contributed by atoms with Crippen LogP contribution in [0.15, 0.2) is 24.0 Å². The minimum Gasteiger partial charge on any atom is -0.506 e. The molecule has 3 rings (SSSR count). The summed E-state index contributed by atoms with van der Waals surface area (Å²) in [6.07, 6.45) is 1.97. The number of hydrogen-bond acceptors (Lipinski definition) is 4.